The zero-order valence-electron chi connectivity index (χ0n) is 16.0. The van der Waals surface area contributed by atoms with Crippen LogP contribution in [0.15, 0.2) is 48.5 Å². The Morgan fingerprint density at radius 1 is 1.07 bits per heavy atom. The highest BCUT2D eigenvalue weighted by molar-refractivity contribution is 7.99. The summed E-state index contributed by atoms with van der Waals surface area (Å²) in [5.74, 6) is 0.659. The number of benzene rings is 2. The molecule has 0 bridgehead atoms. The number of amides is 2. The predicted octanol–water partition coefficient (Wildman–Crippen LogP) is 4.78. The van der Waals surface area contributed by atoms with Gasteiger partial charge in [0.2, 0.25) is 11.8 Å². The van der Waals surface area contributed by atoms with Crippen LogP contribution in [0.1, 0.15) is 25.0 Å². The van der Waals surface area contributed by atoms with Crippen molar-refractivity contribution in [2.75, 3.05) is 12.3 Å². The lowest BCUT2D eigenvalue weighted by molar-refractivity contribution is -0.138. The van der Waals surface area contributed by atoms with Gasteiger partial charge in [-0.3, -0.25) is 9.59 Å². The minimum atomic E-state index is -0.628. The zero-order chi connectivity index (χ0) is 20.5. The van der Waals surface area contributed by atoms with Gasteiger partial charge < -0.3 is 10.2 Å². The molecule has 2 aromatic carbocycles. The first-order valence-electron chi connectivity index (χ1n) is 9.05. The molecule has 28 heavy (non-hydrogen) atoms. The van der Waals surface area contributed by atoms with Crippen molar-refractivity contribution in [3.63, 3.8) is 0 Å². The number of nitrogens with one attached hydrogen (secondary N) is 1. The Hall–Kier alpha value is -1.69. The first kappa shape index (κ1) is 22.6. The summed E-state index contributed by atoms with van der Waals surface area (Å²) in [6.07, 6.45) is 0. The highest BCUT2D eigenvalue weighted by Gasteiger charge is 2.27. The molecule has 0 fully saturated rings. The maximum Gasteiger partial charge on any atom is 0.242 e. The molecule has 0 aliphatic rings. The van der Waals surface area contributed by atoms with Crippen LogP contribution in [0.3, 0.4) is 0 Å². The highest BCUT2D eigenvalue weighted by Crippen LogP contribution is 2.27. The first-order chi connectivity index (χ1) is 13.4. The van der Waals surface area contributed by atoms with Crippen LogP contribution in [0.2, 0.25) is 10.0 Å². The molecule has 0 aliphatic heterocycles. The second kappa shape index (κ2) is 11.3. The molecule has 150 valence electrons. The first-order valence-corrected chi connectivity index (χ1v) is 11.0. The summed E-state index contributed by atoms with van der Waals surface area (Å²) in [6.45, 7) is 4.25. The molecule has 0 aliphatic carbocycles. The van der Waals surface area contributed by atoms with E-state index in [2.05, 4.69) is 5.32 Å². The third kappa shape index (κ3) is 6.43. The van der Waals surface area contributed by atoms with E-state index in [0.29, 0.717) is 22.2 Å². The predicted molar refractivity (Wildman–Crippen MR) is 118 cm³/mol. The Morgan fingerprint density at radius 3 is 2.32 bits per heavy atom. The summed E-state index contributed by atoms with van der Waals surface area (Å²) in [5.41, 5.74) is 1.79. The topological polar surface area (TPSA) is 49.4 Å². The quantitative estimate of drug-likeness (QED) is 0.612. The van der Waals surface area contributed by atoms with Crippen LogP contribution in [0.5, 0.6) is 0 Å². The molecule has 0 unspecified atom stereocenters. The Kier molecular flexibility index (Phi) is 9.16. The number of likely N-dealkylation sites (N-methyl/N-ethyl adjacent to an activating group) is 1. The lowest BCUT2D eigenvalue weighted by Crippen LogP contribution is -2.48. The van der Waals surface area contributed by atoms with E-state index in [-0.39, 0.29) is 24.1 Å². The summed E-state index contributed by atoms with van der Waals surface area (Å²) in [5, 5.41) is 3.73. The average molecular weight is 439 g/mol. The van der Waals surface area contributed by atoms with E-state index in [4.69, 9.17) is 23.2 Å². The summed E-state index contributed by atoms with van der Waals surface area (Å²) in [6, 6.07) is 14.5. The molecule has 0 radical (unpaired) electrons. The molecule has 4 nitrogen and oxygen atoms in total. The Balaban J connectivity index is 2.12. The molecular weight excluding hydrogens is 415 g/mol. The molecule has 1 atom stereocenters. The fourth-order valence-electron chi connectivity index (χ4n) is 2.67. The summed E-state index contributed by atoms with van der Waals surface area (Å²) in [7, 11) is 0. The average Bonchev–Trinajstić information content (AvgIpc) is 2.68. The molecule has 2 amide bonds. The molecule has 0 saturated carbocycles. The third-order valence-corrected chi connectivity index (χ3v) is 5.94. The van der Waals surface area contributed by atoms with Crippen LogP contribution in [0, 0.1) is 0 Å². The number of halogens is 2. The van der Waals surface area contributed by atoms with Crippen molar-refractivity contribution in [1.82, 2.24) is 10.2 Å². The number of carbonyl (C=O) groups excluding carboxylic acids is 2. The standard InChI is InChI=1S/C21H24Cl2N2O2S/c1-3-24-21(27)15(2)25(12-17-18(22)10-7-11-19(17)23)20(26)14-28-13-16-8-5-4-6-9-16/h4-11,15H,3,12-14H2,1-2H3,(H,24,27)/t15-/m0/s1. The molecule has 1 N–H and O–H groups in total. The van der Waals surface area contributed by atoms with E-state index in [0.717, 1.165) is 11.3 Å². The molecule has 0 saturated heterocycles. The molecule has 0 spiro atoms. The maximum absolute atomic E-state index is 12.9. The number of hydrogen-bond donors (Lipinski definition) is 1. The van der Waals surface area contributed by atoms with Gasteiger partial charge in [0, 0.05) is 34.5 Å². The van der Waals surface area contributed by atoms with Gasteiger partial charge in [-0.1, -0.05) is 59.6 Å². The van der Waals surface area contributed by atoms with E-state index >= 15 is 0 Å². The lowest BCUT2D eigenvalue weighted by atomic mass is 10.1. The van der Waals surface area contributed by atoms with Gasteiger partial charge >= 0.3 is 0 Å². The van der Waals surface area contributed by atoms with Gasteiger partial charge in [-0.2, -0.15) is 0 Å². The van der Waals surface area contributed by atoms with Crippen LogP contribution in [-0.4, -0.2) is 35.1 Å². The highest BCUT2D eigenvalue weighted by atomic mass is 35.5. The van der Waals surface area contributed by atoms with E-state index < -0.39 is 6.04 Å². The normalized spacial score (nSPS) is 11.7. The lowest BCUT2D eigenvalue weighted by Gasteiger charge is -2.29. The number of rotatable bonds is 9. The van der Waals surface area contributed by atoms with Crippen molar-refractivity contribution in [2.45, 2.75) is 32.2 Å². The zero-order valence-corrected chi connectivity index (χ0v) is 18.3. The van der Waals surface area contributed by atoms with Gasteiger partial charge in [0.05, 0.1) is 5.75 Å². The number of nitrogens with zero attached hydrogens (tertiary/aromatic N) is 1. The molecule has 0 heterocycles. The second-order valence-corrected chi connectivity index (χ2v) is 8.07. The van der Waals surface area contributed by atoms with Crippen LogP contribution in [-0.2, 0) is 21.9 Å². The van der Waals surface area contributed by atoms with Gasteiger partial charge in [0.25, 0.3) is 0 Å². The minimum Gasteiger partial charge on any atom is -0.355 e. The van der Waals surface area contributed by atoms with E-state index in [1.807, 2.05) is 37.3 Å². The van der Waals surface area contributed by atoms with Gasteiger partial charge in [-0.25, -0.2) is 0 Å². The van der Waals surface area contributed by atoms with Crippen molar-refractivity contribution in [1.29, 1.82) is 0 Å². The van der Waals surface area contributed by atoms with E-state index in [9.17, 15) is 9.59 Å². The molecule has 0 aromatic heterocycles. The van der Waals surface area contributed by atoms with Gasteiger partial charge in [-0.15, -0.1) is 11.8 Å². The maximum atomic E-state index is 12.9. The van der Waals surface area contributed by atoms with Crippen LogP contribution in [0.4, 0.5) is 0 Å². The van der Waals surface area contributed by atoms with Crippen LogP contribution < -0.4 is 5.32 Å². The number of hydrogen-bond acceptors (Lipinski definition) is 3. The Labute approximate surface area is 180 Å². The monoisotopic (exact) mass is 438 g/mol. The van der Waals surface area contributed by atoms with Crippen molar-refractivity contribution >= 4 is 46.8 Å². The third-order valence-electron chi connectivity index (χ3n) is 4.25. The van der Waals surface area contributed by atoms with E-state index in [1.165, 1.54) is 16.7 Å². The fourth-order valence-corrected chi connectivity index (χ4v) is 4.06. The minimum absolute atomic E-state index is 0.129. The van der Waals surface area contributed by atoms with Gasteiger partial charge in [0.1, 0.15) is 6.04 Å². The summed E-state index contributed by atoms with van der Waals surface area (Å²) < 4.78 is 0. The SMILES string of the molecule is CCNC(=O)[C@H](C)N(Cc1c(Cl)cccc1Cl)C(=O)CSCc1ccccc1. The Morgan fingerprint density at radius 2 is 1.71 bits per heavy atom. The van der Waals surface area contributed by atoms with Crippen LogP contribution >= 0.6 is 35.0 Å². The van der Waals surface area contributed by atoms with Gasteiger partial charge in [0.15, 0.2) is 0 Å². The second-order valence-electron chi connectivity index (χ2n) is 6.27. The fraction of sp³-hybridized carbons (Fsp3) is 0.333. The number of thioether (sulfide) groups is 1. The van der Waals surface area contributed by atoms with Crippen molar-refractivity contribution in [3.8, 4) is 0 Å². The summed E-state index contributed by atoms with van der Waals surface area (Å²) in [4.78, 5) is 26.9. The summed E-state index contributed by atoms with van der Waals surface area (Å²) >= 11 is 14.1. The smallest absolute Gasteiger partial charge is 0.242 e. The van der Waals surface area contributed by atoms with Gasteiger partial charge in [-0.05, 0) is 31.5 Å². The molecule has 2 aromatic rings. The molecule has 7 heteroatoms. The van der Waals surface area contributed by atoms with Crippen molar-refractivity contribution in [3.05, 3.63) is 69.7 Å². The van der Waals surface area contributed by atoms with Crippen LogP contribution in [0.25, 0.3) is 0 Å². The molecular formula is C21H24Cl2N2O2S. The van der Waals surface area contributed by atoms with Crippen molar-refractivity contribution < 1.29 is 9.59 Å². The van der Waals surface area contributed by atoms with Crippen molar-refractivity contribution in [2.24, 2.45) is 0 Å². The molecule has 2 rings (SSSR count). The van der Waals surface area contributed by atoms with E-state index in [1.54, 1.807) is 25.1 Å². The number of carbonyl (C=O) groups is 2. The largest absolute Gasteiger partial charge is 0.355 e. The Bertz CT molecular complexity index is 782.